The molecule has 1 rings (SSSR count). The molecule has 1 amide bonds. The van der Waals surface area contributed by atoms with E-state index in [1.807, 2.05) is 18.2 Å². The summed E-state index contributed by atoms with van der Waals surface area (Å²) in [6, 6.07) is 7.33. The minimum Gasteiger partial charge on any atom is -0.351 e. The first-order valence-corrected chi connectivity index (χ1v) is 6.56. The predicted octanol–water partition coefficient (Wildman–Crippen LogP) is 2.16. The number of amides is 1. The highest BCUT2D eigenvalue weighted by Gasteiger charge is 2.17. The van der Waals surface area contributed by atoms with Crippen LogP contribution in [0, 0.1) is 17.3 Å². The normalized spacial score (nSPS) is 10.5. The van der Waals surface area contributed by atoms with Crippen molar-refractivity contribution < 1.29 is 4.79 Å². The zero-order valence-electron chi connectivity index (χ0n) is 11.9. The maximum atomic E-state index is 12.2. The lowest BCUT2D eigenvalue weighted by Gasteiger charge is -2.23. The van der Waals surface area contributed by atoms with Gasteiger partial charge in [-0.2, -0.15) is 0 Å². The lowest BCUT2D eigenvalue weighted by molar-refractivity contribution is 0.0935. The Labute approximate surface area is 115 Å². The second-order valence-electron chi connectivity index (χ2n) is 5.25. The summed E-state index contributed by atoms with van der Waals surface area (Å²) in [5.74, 6) is 5.63. The molecule has 19 heavy (non-hydrogen) atoms. The van der Waals surface area contributed by atoms with Crippen molar-refractivity contribution in [3.8, 4) is 11.8 Å². The van der Waals surface area contributed by atoms with Crippen molar-refractivity contribution in [1.29, 1.82) is 0 Å². The van der Waals surface area contributed by atoms with E-state index in [-0.39, 0.29) is 11.3 Å². The second-order valence-corrected chi connectivity index (χ2v) is 5.25. The Balaban J connectivity index is 2.83. The first-order valence-electron chi connectivity index (χ1n) is 6.56. The zero-order chi connectivity index (χ0) is 14.3. The van der Waals surface area contributed by atoms with Crippen LogP contribution in [-0.2, 0) is 0 Å². The smallest absolute Gasteiger partial charge is 0.252 e. The summed E-state index contributed by atoms with van der Waals surface area (Å²) in [6.45, 7) is 7.33. The largest absolute Gasteiger partial charge is 0.351 e. The molecule has 3 nitrogen and oxygen atoms in total. The summed E-state index contributed by atoms with van der Waals surface area (Å²) < 4.78 is 0. The molecule has 0 saturated carbocycles. The average Bonchev–Trinajstić information content (AvgIpc) is 2.43. The van der Waals surface area contributed by atoms with Crippen LogP contribution in [0.25, 0.3) is 0 Å². The Kier molecular flexibility index (Phi) is 5.59. The van der Waals surface area contributed by atoms with Crippen molar-refractivity contribution in [2.24, 2.45) is 11.1 Å². The monoisotopic (exact) mass is 258 g/mol. The minimum absolute atomic E-state index is 0.0801. The van der Waals surface area contributed by atoms with Crippen molar-refractivity contribution in [1.82, 2.24) is 5.32 Å². The number of carbonyl (C=O) groups is 1. The van der Waals surface area contributed by atoms with Gasteiger partial charge in [0, 0.05) is 12.1 Å². The Morgan fingerprint density at radius 2 is 2.05 bits per heavy atom. The van der Waals surface area contributed by atoms with Crippen LogP contribution >= 0.6 is 0 Å². The Morgan fingerprint density at radius 1 is 1.37 bits per heavy atom. The van der Waals surface area contributed by atoms with E-state index >= 15 is 0 Å². The molecule has 0 fully saturated rings. The molecular formula is C16H22N2O. The Morgan fingerprint density at radius 3 is 2.68 bits per heavy atom. The summed E-state index contributed by atoms with van der Waals surface area (Å²) in [6.07, 6.45) is 1.02. The van der Waals surface area contributed by atoms with Gasteiger partial charge in [-0.25, -0.2) is 0 Å². The van der Waals surface area contributed by atoms with Crippen molar-refractivity contribution in [3.63, 3.8) is 0 Å². The van der Waals surface area contributed by atoms with Crippen LogP contribution in [0.3, 0.4) is 0 Å². The fourth-order valence-corrected chi connectivity index (χ4v) is 1.48. The summed E-state index contributed by atoms with van der Waals surface area (Å²) in [4.78, 5) is 12.2. The predicted molar refractivity (Wildman–Crippen MR) is 78.8 cm³/mol. The van der Waals surface area contributed by atoms with E-state index in [2.05, 4.69) is 37.9 Å². The number of benzene rings is 1. The maximum Gasteiger partial charge on any atom is 0.252 e. The summed E-state index contributed by atoms with van der Waals surface area (Å²) in [7, 11) is 0. The lowest BCUT2D eigenvalue weighted by atomic mass is 9.90. The molecule has 0 spiro atoms. The van der Waals surface area contributed by atoms with Crippen molar-refractivity contribution in [2.45, 2.75) is 27.2 Å². The van der Waals surface area contributed by atoms with Gasteiger partial charge in [0.15, 0.2) is 0 Å². The molecule has 0 aliphatic carbocycles. The molecule has 3 heteroatoms. The van der Waals surface area contributed by atoms with Gasteiger partial charge in [-0.15, -0.1) is 0 Å². The summed E-state index contributed by atoms with van der Waals surface area (Å²) in [5.41, 5.74) is 6.80. The quantitative estimate of drug-likeness (QED) is 0.813. The molecule has 0 radical (unpaired) electrons. The Hall–Kier alpha value is -1.79. The Bertz CT molecular complexity index is 495. The van der Waals surface area contributed by atoms with E-state index < -0.39 is 0 Å². The fraction of sp³-hybridized carbons (Fsp3) is 0.438. The van der Waals surface area contributed by atoms with Gasteiger partial charge in [-0.1, -0.05) is 44.7 Å². The van der Waals surface area contributed by atoms with Crippen LogP contribution in [0.4, 0.5) is 0 Å². The third kappa shape index (κ3) is 4.76. The topological polar surface area (TPSA) is 55.1 Å². The lowest BCUT2D eigenvalue weighted by Crippen LogP contribution is -2.33. The van der Waals surface area contributed by atoms with Crippen LogP contribution in [0.15, 0.2) is 24.3 Å². The molecule has 0 unspecified atom stereocenters. The molecule has 0 atom stereocenters. The minimum atomic E-state index is -0.0801. The molecule has 102 valence electrons. The number of carbonyl (C=O) groups excluding carboxylic acids is 1. The van der Waals surface area contributed by atoms with Crippen LogP contribution in [0.5, 0.6) is 0 Å². The van der Waals surface area contributed by atoms with E-state index in [1.165, 1.54) is 0 Å². The number of rotatable bonds is 4. The van der Waals surface area contributed by atoms with Crippen LogP contribution in [-0.4, -0.2) is 19.0 Å². The van der Waals surface area contributed by atoms with Crippen LogP contribution in [0.1, 0.15) is 43.1 Å². The van der Waals surface area contributed by atoms with Gasteiger partial charge in [0.2, 0.25) is 0 Å². The third-order valence-corrected chi connectivity index (χ3v) is 3.18. The second kappa shape index (κ2) is 6.96. The van der Waals surface area contributed by atoms with Crippen molar-refractivity contribution in [3.05, 3.63) is 35.4 Å². The molecule has 0 saturated heterocycles. The van der Waals surface area contributed by atoms with E-state index in [1.54, 1.807) is 6.07 Å². The summed E-state index contributed by atoms with van der Waals surface area (Å²) >= 11 is 0. The third-order valence-electron chi connectivity index (χ3n) is 3.18. The van der Waals surface area contributed by atoms with Crippen molar-refractivity contribution >= 4 is 5.91 Å². The number of hydrogen-bond acceptors (Lipinski definition) is 2. The molecule has 0 heterocycles. The number of nitrogens with two attached hydrogens (primary N) is 1. The summed E-state index contributed by atoms with van der Waals surface area (Å²) in [5, 5.41) is 2.97. The fourth-order valence-electron chi connectivity index (χ4n) is 1.48. The highest BCUT2D eigenvalue weighted by molar-refractivity contribution is 5.96. The van der Waals surface area contributed by atoms with E-state index in [0.717, 1.165) is 12.0 Å². The van der Waals surface area contributed by atoms with Gasteiger partial charge in [-0.3, -0.25) is 4.79 Å². The number of hydrogen-bond donors (Lipinski definition) is 2. The molecule has 1 aromatic carbocycles. The molecule has 1 aromatic rings. The molecule has 3 N–H and O–H groups in total. The first-order chi connectivity index (χ1) is 9.00. The molecular weight excluding hydrogens is 236 g/mol. The average molecular weight is 258 g/mol. The molecule has 0 aliphatic heterocycles. The van der Waals surface area contributed by atoms with E-state index in [9.17, 15) is 4.79 Å². The first kappa shape index (κ1) is 15.3. The van der Waals surface area contributed by atoms with E-state index in [4.69, 9.17) is 5.73 Å². The van der Waals surface area contributed by atoms with Gasteiger partial charge in [-0.05, 0) is 24.0 Å². The van der Waals surface area contributed by atoms with Gasteiger partial charge in [0.05, 0.1) is 12.1 Å². The standard InChI is InChI=1S/C16H22N2O/c1-4-16(2,3)12-18-15(19)14-10-6-5-8-13(14)9-7-11-17/h5-6,8,10H,4,11-12,17H2,1-3H3,(H,18,19). The van der Waals surface area contributed by atoms with Gasteiger partial charge < -0.3 is 11.1 Å². The SMILES string of the molecule is CCC(C)(C)CNC(=O)c1ccccc1C#CCN. The van der Waals surface area contributed by atoms with Gasteiger partial charge in [0.1, 0.15) is 0 Å². The highest BCUT2D eigenvalue weighted by atomic mass is 16.1. The van der Waals surface area contributed by atoms with Crippen LogP contribution < -0.4 is 11.1 Å². The highest BCUT2D eigenvalue weighted by Crippen LogP contribution is 2.18. The van der Waals surface area contributed by atoms with Gasteiger partial charge in [0.25, 0.3) is 5.91 Å². The maximum absolute atomic E-state index is 12.2. The molecule has 0 aromatic heterocycles. The molecule has 0 aliphatic rings. The van der Waals surface area contributed by atoms with Crippen molar-refractivity contribution in [2.75, 3.05) is 13.1 Å². The van der Waals surface area contributed by atoms with Crippen LogP contribution in [0.2, 0.25) is 0 Å². The number of nitrogens with one attached hydrogen (secondary N) is 1. The van der Waals surface area contributed by atoms with Gasteiger partial charge >= 0.3 is 0 Å². The van der Waals surface area contributed by atoms with E-state index in [0.29, 0.717) is 18.7 Å². The zero-order valence-corrected chi connectivity index (χ0v) is 11.9. The molecule has 0 bridgehead atoms.